The highest BCUT2D eigenvalue weighted by molar-refractivity contribution is 9.10. The molecule has 0 saturated heterocycles. The summed E-state index contributed by atoms with van der Waals surface area (Å²) >= 11 is 3.62. The highest BCUT2D eigenvalue weighted by Gasteiger charge is 2.41. The molecule has 0 spiro atoms. The minimum Gasteiger partial charge on any atom is -0.494 e. The monoisotopic (exact) mass is 476 g/mol. The van der Waals surface area contributed by atoms with Gasteiger partial charge in [0.1, 0.15) is 11.5 Å². The van der Waals surface area contributed by atoms with E-state index >= 15 is 0 Å². The van der Waals surface area contributed by atoms with Crippen LogP contribution >= 0.6 is 15.9 Å². The molecule has 0 radical (unpaired) electrons. The smallest absolute Gasteiger partial charge is 0.213 e. The highest BCUT2D eigenvalue weighted by Crippen LogP contribution is 2.48. The molecule has 5 rings (SSSR count). The fourth-order valence-corrected chi connectivity index (χ4v) is 4.53. The Morgan fingerprint density at radius 1 is 1.06 bits per heavy atom. The summed E-state index contributed by atoms with van der Waals surface area (Å²) in [4.78, 5) is 0. The zero-order valence-electron chi connectivity index (χ0n) is 17.7. The van der Waals surface area contributed by atoms with Crippen molar-refractivity contribution in [2.45, 2.75) is 39.0 Å². The number of rotatable bonds is 5. The molecule has 2 aliphatic heterocycles. The van der Waals surface area contributed by atoms with Crippen molar-refractivity contribution in [1.29, 1.82) is 0 Å². The predicted octanol–water partition coefficient (Wildman–Crippen LogP) is 6.79. The number of fused-ring (bicyclic) bond motifs is 3. The Bertz CT molecular complexity index is 1110. The van der Waals surface area contributed by atoms with Crippen LogP contribution in [-0.2, 0) is 0 Å². The molecule has 2 atom stereocenters. The number of hydrogen-bond acceptors (Lipinski definition) is 4. The van der Waals surface area contributed by atoms with E-state index in [1.807, 2.05) is 24.3 Å². The lowest BCUT2D eigenvalue weighted by Gasteiger charge is -2.38. The van der Waals surface area contributed by atoms with Crippen molar-refractivity contribution in [3.8, 4) is 11.5 Å². The molecule has 2 aliphatic rings. The fourth-order valence-electron chi connectivity index (χ4n) is 4.15. The van der Waals surface area contributed by atoms with Crippen molar-refractivity contribution < 1.29 is 9.47 Å². The second kappa shape index (κ2) is 8.39. The van der Waals surface area contributed by atoms with E-state index in [-0.39, 0.29) is 12.3 Å². The minimum absolute atomic E-state index is 0.138. The molecule has 0 aliphatic carbocycles. The van der Waals surface area contributed by atoms with Gasteiger partial charge in [-0.2, -0.15) is 5.10 Å². The number of benzene rings is 3. The summed E-state index contributed by atoms with van der Waals surface area (Å²) in [6.07, 6.45) is 1.57. The molecule has 0 bridgehead atoms. The van der Waals surface area contributed by atoms with Crippen LogP contribution in [0.1, 0.15) is 54.3 Å². The van der Waals surface area contributed by atoms with Gasteiger partial charge in [-0.05, 0) is 61.4 Å². The van der Waals surface area contributed by atoms with E-state index in [0.717, 1.165) is 46.7 Å². The number of hydrogen-bond donors (Lipinski definition) is 0. The lowest BCUT2D eigenvalue weighted by Crippen LogP contribution is -2.33. The van der Waals surface area contributed by atoms with E-state index in [2.05, 4.69) is 77.3 Å². The molecule has 0 amide bonds. The molecule has 5 heteroatoms. The van der Waals surface area contributed by atoms with Crippen LogP contribution in [0.15, 0.2) is 76.3 Å². The number of ether oxygens (including phenoxy) is 2. The maximum absolute atomic E-state index is 6.47. The van der Waals surface area contributed by atoms with Gasteiger partial charge in [0, 0.05) is 22.0 Å². The molecule has 3 aromatic carbocycles. The topological polar surface area (TPSA) is 34.1 Å². The van der Waals surface area contributed by atoms with Gasteiger partial charge in [-0.1, -0.05) is 52.7 Å². The van der Waals surface area contributed by atoms with Crippen LogP contribution in [0.5, 0.6) is 11.5 Å². The van der Waals surface area contributed by atoms with Crippen molar-refractivity contribution in [3.63, 3.8) is 0 Å². The second-order valence-corrected chi connectivity index (χ2v) is 9.00. The zero-order chi connectivity index (χ0) is 21.4. The molecular formula is C26H25BrN2O2. The van der Waals surface area contributed by atoms with Crippen molar-refractivity contribution in [2.75, 3.05) is 6.61 Å². The van der Waals surface area contributed by atoms with Gasteiger partial charge in [-0.25, -0.2) is 5.01 Å². The Morgan fingerprint density at radius 3 is 2.58 bits per heavy atom. The molecule has 0 aromatic heterocycles. The van der Waals surface area contributed by atoms with Crippen molar-refractivity contribution >= 4 is 21.6 Å². The van der Waals surface area contributed by atoms with Gasteiger partial charge in [0.15, 0.2) is 0 Å². The van der Waals surface area contributed by atoms with Crippen LogP contribution in [0, 0.1) is 6.92 Å². The summed E-state index contributed by atoms with van der Waals surface area (Å²) in [6.45, 7) is 4.94. The minimum atomic E-state index is -0.276. The third-order valence-corrected chi connectivity index (χ3v) is 6.27. The highest BCUT2D eigenvalue weighted by atomic mass is 79.9. The Balaban J connectivity index is 1.52. The Hall–Kier alpha value is -2.79. The molecule has 4 nitrogen and oxygen atoms in total. The zero-order valence-corrected chi connectivity index (χ0v) is 19.3. The van der Waals surface area contributed by atoms with E-state index in [1.54, 1.807) is 0 Å². The first-order valence-electron chi connectivity index (χ1n) is 10.7. The maximum atomic E-state index is 6.47. The molecule has 2 heterocycles. The Kier molecular flexibility index (Phi) is 5.45. The largest absolute Gasteiger partial charge is 0.494 e. The van der Waals surface area contributed by atoms with Crippen LogP contribution in [0.3, 0.4) is 0 Å². The molecule has 0 saturated carbocycles. The average Bonchev–Trinajstić information content (AvgIpc) is 3.24. The average molecular weight is 477 g/mol. The van der Waals surface area contributed by atoms with E-state index in [0.29, 0.717) is 0 Å². The first-order valence-corrected chi connectivity index (χ1v) is 11.5. The number of nitrogens with zero attached hydrogens (tertiary/aromatic N) is 2. The summed E-state index contributed by atoms with van der Waals surface area (Å²) < 4.78 is 13.3. The molecule has 158 valence electrons. The molecule has 3 aromatic rings. The van der Waals surface area contributed by atoms with Gasteiger partial charge >= 0.3 is 0 Å². The van der Waals surface area contributed by atoms with Gasteiger partial charge in [0.2, 0.25) is 6.23 Å². The van der Waals surface area contributed by atoms with Crippen LogP contribution in [0.25, 0.3) is 0 Å². The van der Waals surface area contributed by atoms with Crippen LogP contribution in [0.4, 0.5) is 0 Å². The Morgan fingerprint density at radius 2 is 1.84 bits per heavy atom. The first kappa shape index (κ1) is 20.1. The second-order valence-electron chi connectivity index (χ2n) is 8.08. The van der Waals surface area contributed by atoms with Crippen LogP contribution < -0.4 is 9.47 Å². The van der Waals surface area contributed by atoms with Gasteiger partial charge in [0.05, 0.1) is 18.4 Å². The quantitative estimate of drug-likeness (QED) is 0.406. The van der Waals surface area contributed by atoms with Crippen molar-refractivity contribution in [2.24, 2.45) is 5.10 Å². The molecular weight excluding hydrogens is 452 g/mol. The SMILES string of the molecule is CCCOc1ccc(C2Oc3ccc(Br)cc3C3CC(c4ccc(C)cc4)=NN32)cc1. The van der Waals surface area contributed by atoms with Gasteiger partial charge < -0.3 is 9.47 Å². The van der Waals surface area contributed by atoms with Crippen molar-refractivity contribution in [3.05, 3.63) is 93.5 Å². The number of hydrazone groups is 1. The molecule has 31 heavy (non-hydrogen) atoms. The summed E-state index contributed by atoms with van der Waals surface area (Å²) in [5.41, 5.74) is 5.74. The van der Waals surface area contributed by atoms with Crippen LogP contribution in [0.2, 0.25) is 0 Å². The summed E-state index contributed by atoms with van der Waals surface area (Å²) in [5, 5.41) is 7.16. The molecule has 0 N–H and O–H groups in total. The van der Waals surface area contributed by atoms with E-state index in [9.17, 15) is 0 Å². The summed E-state index contributed by atoms with van der Waals surface area (Å²) in [7, 11) is 0. The lowest BCUT2D eigenvalue weighted by molar-refractivity contribution is -0.0191. The fraction of sp³-hybridized carbons (Fsp3) is 0.269. The van der Waals surface area contributed by atoms with E-state index < -0.39 is 0 Å². The summed E-state index contributed by atoms with van der Waals surface area (Å²) in [5.74, 6) is 1.80. The number of aryl methyl sites for hydroxylation is 1. The van der Waals surface area contributed by atoms with Gasteiger partial charge in [-0.15, -0.1) is 0 Å². The normalized spacial score (nSPS) is 19.3. The van der Waals surface area contributed by atoms with Crippen LogP contribution in [-0.4, -0.2) is 17.3 Å². The Labute approximate surface area is 191 Å². The first-order chi connectivity index (χ1) is 15.1. The maximum Gasteiger partial charge on any atom is 0.213 e. The third-order valence-electron chi connectivity index (χ3n) is 5.77. The van der Waals surface area contributed by atoms with E-state index in [4.69, 9.17) is 14.6 Å². The van der Waals surface area contributed by atoms with E-state index in [1.165, 1.54) is 16.7 Å². The molecule has 0 fully saturated rings. The van der Waals surface area contributed by atoms with Gasteiger partial charge in [-0.3, -0.25) is 0 Å². The van der Waals surface area contributed by atoms with Gasteiger partial charge in [0.25, 0.3) is 0 Å². The predicted molar refractivity (Wildman–Crippen MR) is 127 cm³/mol. The third kappa shape index (κ3) is 3.94. The standard InChI is InChI=1S/C26H25BrN2O2/c1-3-14-30-21-11-8-19(9-12-21)26-29-24(22-15-20(27)10-13-25(22)31-26)16-23(28-29)18-6-4-17(2)5-7-18/h4-13,15,24,26H,3,14,16H2,1-2H3. The number of halogens is 1. The molecule has 2 unspecified atom stereocenters. The lowest BCUT2D eigenvalue weighted by atomic mass is 9.95. The summed E-state index contributed by atoms with van der Waals surface area (Å²) in [6, 6.07) is 23.2. The van der Waals surface area contributed by atoms with Crippen molar-refractivity contribution in [1.82, 2.24) is 5.01 Å².